The molecule has 6 heteroatoms. The van der Waals surface area contributed by atoms with E-state index in [-0.39, 0.29) is 11.3 Å². The van der Waals surface area contributed by atoms with Gasteiger partial charge in [0, 0.05) is 18.7 Å². The number of likely N-dealkylation sites (tertiary alicyclic amines) is 1. The molecule has 1 aliphatic rings. The molecule has 0 aromatic heterocycles. The number of aliphatic hydroxyl groups excluding tert-OH is 1. The fraction of sp³-hybridized carbons (Fsp3) is 0.312. The number of aliphatic hydroxyl groups is 1. The number of hydrogen-bond acceptors (Lipinski definition) is 5. The van der Waals surface area contributed by atoms with Crippen molar-refractivity contribution >= 4 is 17.4 Å². The molecule has 0 bridgehead atoms. The third-order valence-corrected chi connectivity index (χ3v) is 7.10. The van der Waals surface area contributed by atoms with Crippen molar-refractivity contribution in [2.45, 2.75) is 40.3 Å². The largest absolute Gasteiger partial charge is 0.507 e. The molecule has 1 heterocycles. The predicted molar refractivity (Wildman–Crippen MR) is 150 cm³/mol. The number of nitrogens with zero attached hydrogens (tertiary/aromatic N) is 2. The maximum Gasteiger partial charge on any atom is 0.295 e. The summed E-state index contributed by atoms with van der Waals surface area (Å²) in [6.07, 6.45) is 0. The second kappa shape index (κ2) is 12.1. The number of benzene rings is 3. The predicted octanol–water partition coefficient (Wildman–Crippen LogP) is 5.65. The first-order valence-electron chi connectivity index (χ1n) is 13.2. The van der Waals surface area contributed by atoms with Gasteiger partial charge in [0.05, 0.1) is 11.6 Å². The van der Waals surface area contributed by atoms with E-state index in [1.807, 2.05) is 56.3 Å². The van der Waals surface area contributed by atoms with Gasteiger partial charge in [0.25, 0.3) is 11.7 Å². The van der Waals surface area contributed by atoms with Crippen LogP contribution in [0.5, 0.6) is 5.75 Å². The molecular formula is C32H36N2O4. The molecule has 3 aromatic carbocycles. The van der Waals surface area contributed by atoms with Crippen molar-refractivity contribution in [3.05, 3.63) is 106 Å². The van der Waals surface area contributed by atoms with Gasteiger partial charge in [-0.05, 0) is 62.3 Å². The molecule has 198 valence electrons. The van der Waals surface area contributed by atoms with Gasteiger partial charge in [-0.25, -0.2) is 0 Å². The van der Waals surface area contributed by atoms with E-state index in [1.165, 1.54) is 5.56 Å². The van der Waals surface area contributed by atoms with Gasteiger partial charge in [0.2, 0.25) is 0 Å². The molecular weight excluding hydrogens is 476 g/mol. The van der Waals surface area contributed by atoms with Crippen LogP contribution in [-0.4, -0.2) is 52.8 Å². The standard InChI is InChI=1S/C32H36N2O4/c1-5-33(6-2)18-19-34-29(25-12-10-22(3)11-13-25)28(31(36)32(34)37)30(35)26-14-16-27(17-15-26)38-21-24-9-7-8-23(4)20-24/h7-17,20,29,35H,5-6,18-19,21H2,1-4H3/b30-28-. The van der Waals surface area contributed by atoms with Crippen molar-refractivity contribution in [2.75, 3.05) is 26.2 Å². The van der Waals surface area contributed by atoms with E-state index in [2.05, 4.69) is 24.8 Å². The number of ether oxygens (including phenoxy) is 1. The number of rotatable bonds is 10. The average Bonchev–Trinajstić information content (AvgIpc) is 3.18. The first-order chi connectivity index (χ1) is 18.3. The fourth-order valence-corrected chi connectivity index (χ4v) is 4.83. The second-order valence-electron chi connectivity index (χ2n) is 9.73. The number of carbonyl (C=O) groups excluding carboxylic acids is 2. The number of amides is 1. The Bertz CT molecular complexity index is 1310. The summed E-state index contributed by atoms with van der Waals surface area (Å²) < 4.78 is 5.91. The average molecular weight is 513 g/mol. The van der Waals surface area contributed by atoms with Crippen LogP contribution in [0.1, 0.15) is 47.7 Å². The third-order valence-electron chi connectivity index (χ3n) is 7.10. The second-order valence-corrected chi connectivity index (χ2v) is 9.73. The van der Waals surface area contributed by atoms with Crippen molar-refractivity contribution in [3.8, 4) is 5.75 Å². The molecule has 1 aliphatic heterocycles. The molecule has 1 amide bonds. The highest BCUT2D eigenvalue weighted by Gasteiger charge is 2.45. The van der Waals surface area contributed by atoms with E-state index < -0.39 is 17.7 Å². The molecule has 0 radical (unpaired) electrons. The highest BCUT2D eigenvalue weighted by atomic mass is 16.5. The van der Waals surface area contributed by atoms with Crippen LogP contribution in [0.25, 0.3) is 5.76 Å². The minimum Gasteiger partial charge on any atom is -0.507 e. The monoisotopic (exact) mass is 512 g/mol. The van der Waals surface area contributed by atoms with Gasteiger partial charge < -0.3 is 19.6 Å². The fourth-order valence-electron chi connectivity index (χ4n) is 4.83. The minimum absolute atomic E-state index is 0.117. The lowest BCUT2D eigenvalue weighted by molar-refractivity contribution is -0.140. The number of carbonyl (C=O) groups is 2. The maximum absolute atomic E-state index is 13.3. The Balaban J connectivity index is 1.63. The van der Waals surface area contributed by atoms with Crippen molar-refractivity contribution in [2.24, 2.45) is 0 Å². The first kappa shape index (κ1) is 27.1. The van der Waals surface area contributed by atoms with Crippen LogP contribution >= 0.6 is 0 Å². The van der Waals surface area contributed by atoms with E-state index in [1.54, 1.807) is 29.2 Å². The Morgan fingerprint density at radius 3 is 2.24 bits per heavy atom. The van der Waals surface area contributed by atoms with Crippen LogP contribution in [0.4, 0.5) is 0 Å². The van der Waals surface area contributed by atoms with E-state index in [4.69, 9.17) is 4.74 Å². The summed E-state index contributed by atoms with van der Waals surface area (Å²) in [4.78, 5) is 30.3. The smallest absolute Gasteiger partial charge is 0.295 e. The summed E-state index contributed by atoms with van der Waals surface area (Å²) in [6.45, 7) is 11.4. The molecule has 1 saturated heterocycles. The molecule has 6 nitrogen and oxygen atoms in total. The van der Waals surface area contributed by atoms with Gasteiger partial charge in [-0.1, -0.05) is 73.5 Å². The van der Waals surface area contributed by atoms with Crippen LogP contribution in [-0.2, 0) is 16.2 Å². The molecule has 0 aliphatic carbocycles. The summed E-state index contributed by atoms with van der Waals surface area (Å²) in [5.41, 5.74) is 4.70. The van der Waals surface area contributed by atoms with E-state index in [0.29, 0.717) is 31.0 Å². The molecule has 1 atom stereocenters. The van der Waals surface area contributed by atoms with Crippen LogP contribution in [0.3, 0.4) is 0 Å². The number of hydrogen-bond donors (Lipinski definition) is 1. The zero-order valence-corrected chi connectivity index (χ0v) is 22.6. The van der Waals surface area contributed by atoms with E-state index in [9.17, 15) is 14.7 Å². The highest BCUT2D eigenvalue weighted by molar-refractivity contribution is 6.46. The highest BCUT2D eigenvalue weighted by Crippen LogP contribution is 2.39. The summed E-state index contributed by atoms with van der Waals surface area (Å²) >= 11 is 0. The zero-order valence-electron chi connectivity index (χ0n) is 22.6. The molecule has 4 rings (SSSR count). The third kappa shape index (κ3) is 5.97. The molecule has 1 N–H and O–H groups in total. The summed E-state index contributed by atoms with van der Waals surface area (Å²) in [6, 6.07) is 22.2. The summed E-state index contributed by atoms with van der Waals surface area (Å²) in [5.74, 6) is -0.767. The van der Waals surface area contributed by atoms with Crippen LogP contribution in [0.15, 0.2) is 78.4 Å². The van der Waals surface area contributed by atoms with Gasteiger partial charge in [-0.3, -0.25) is 9.59 Å². The number of Topliss-reactive ketones (excluding diaryl/α,β-unsaturated/α-hetero) is 1. The number of aryl methyl sites for hydroxylation is 2. The molecule has 1 fully saturated rings. The SMILES string of the molecule is CCN(CC)CCN1C(=O)C(=O)/C(=C(\O)c2ccc(OCc3cccc(C)c3)cc2)C1c1ccc(C)cc1. The molecule has 38 heavy (non-hydrogen) atoms. The Kier molecular flexibility index (Phi) is 8.64. The first-order valence-corrected chi connectivity index (χ1v) is 13.2. The van der Waals surface area contributed by atoms with Gasteiger partial charge in [0.1, 0.15) is 18.1 Å². The van der Waals surface area contributed by atoms with Crippen LogP contribution in [0, 0.1) is 13.8 Å². The van der Waals surface area contributed by atoms with Crippen molar-refractivity contribution in [1.29, 1.82) is 0 Å². The van der Waals surface area contributed by atoms with Crippen molar-refractivity contribution < 1.29 is 19.4 Å². The van der Waals surface area contributed by atoms with Gasteiger partial charge in [0.15, 0.2) is 0 Å². The zero-order chi connectivity index (χ0) is 27.2. The van der Waals surface area contributed by atoms with Gasteiger partial charge >= 0.3 is 0 Å². The normalized spacial score (nSPS) is 16.9. The molecule has 1 unspecified atom stereocenters. The Labute approximate surface area is 225 Å². The minimum atomic E-state index is -0.660. The molecule has 0 saturated carbocycles. The van der Waals surface area contributed by atoms with E-state index >= 15 is 0 Å². The Morgan fingerprint density at radius 1 is 0.921 bits per heavy atom. The lowest BCUT2D eigenvalue weighted by Gasteiger charge is -2.28. The number of likely N-dealkylation sites (N-methyl/N-ethyl adjacent to an activating group) is 1. The molecule has 0 spiro atoms. The maximum atomic E-state index is 13.3. The lowest BCUT2D eigenvalue weighted by Crippen LogP contribution is -2.38. The van der Waals surface area contributed by atoms with Crippen LogP contribution in [0.2, 0.25) is 0 Å². The Morgan fingerprint density at radius 2 is 1.61 bits per heavy atom. The van der Waals surface area contributed by atoms with Crippen molar-refractivity contribution in [1.82, 2.24) is 9.80 Å². The molecule has 3 aromatic rings. The summed E-state index contributed by atoms with van der Waals surface area (Å²) in [5, 5.41) is 11.3. The summed E-state index contributed by atoms with van der Waals surface area (Å²) in [7, 11) is 0. The number of ketones is 1. The van der Waals surface area contributed by atoms with Gasteiger partial charge in [-0.2, -0.15) is 0 Å². The topological polar surface area (TPSA) is 70.1 Å². The van der Waals surface area contributed by atoms with E-state index in [0.717, 1.165) is 29.8 Å². The van der Waals surface area contributed by atoms with Crippen LogP contribution < -0.4 is 4.74 Å². The van der Waals surface area contributed by atoms with Gasteiger partial charge in [-0.15, -0.1) is 0 Å². The lowest BCUT2D eigenvalue weighted by atomic mass is 9.94. The van der Waals surface area contributed by atoms with Crippen molar-refractivity contribution in [3.63, 3.8) is 0 Å². The quantitative estimate of drug-likeness (QED) is 0.216. The Hall–Kier alpha value is -3.90.